The lowest BCUT2D eigenvalue weighted by Gasteiger charge is -2.03. The van der Waals surface area contributed by atoms with Crippen molar-refractivity contribution in [2.75, 3.05) is 12.4 Å². The van der Waals surface area contributed by atoms with Gasteiger partial charge in [0.2, 0.25) is 0 Å². The van der Waals surface area contributed by atoms with Crippen LogP contribution < -0.4 is 10.1 Å². The molecule has 3 heterocycles. The fourth-order valence-electron chi connectivity index (χ4n) is 3.47. The number of hydrogen-bond acceptors (Lipinski definition) is 6. The van der Waals surface area contributed by atoms with E-state index in [-0.39, 0.29) is 17.0 Å². The lowest BCUT2D eigenvalue weighted by atomic mass is 10.1. The first-order chi connectivity index (χ1) is 15.4. The molecule has 1 amide bonds. The van der Waals surface area contributed by atoms with Gasteiger partial charge in [-0.2, -0.15) is 0 Å². The van der Waals surface area contributed by atoms with Crippen LogP contribution in [0, 0.1) is 0 Å². The molecule has 0 saturated heterocycles. The van der Waals surface area contributed by atoms with E-state index in [1.165, 1.54) is 7.11 Å². The summed E-state index contributed by atoms with van der Waals surface area (Å²) >= 11 is 4.58. The molecule has 0 aliphatic rings. The summed E-state index contributed by atoms with van der Waals surface area (Å²) in [6.45, 7) is 0. The Hall–Kier alpha value is -3.56. The molecule has 7 nitrogen and oxygen atoms in total. The third-order valence-electron chi connectivity index (χ3n) is 4.89. The number of amides is 1. The van der Waals surface area contributed by atoms with E-state index >= 15 is 0 Å². The van der Waals surface area contributed by atoms with Gasteiger partial charge in [0.25, 0.3) is 5.91 Å². The third kappa shape index (κ3) is 3.45. The van der Waals surface area contributed by atoms with E-state index in [1.807, 2.05) is 24.3 Å². The second kappa shape index (κ2) is 7.85. The third-order valence-corrected chi connectivity index (χ3v) is 6.35. The van der Waals surface area contributed by atoms with Crippen LogP contribution in [0.2, 0.25) is 0 Å². The van der Waals surface area contributed by atoms with Gasteiger partial charge in [0.15, 0.2) is 17.1 Å². The molecule has 160 valence electrons. The first-order valence-electron chi connectivity index (χ1n) is 9.36. The lowest BCUT2D eigenvalue weighted by Crippen LogP contribution is -2.13. The molecule has 2 N–H and O–H groups in total. The van der Waals surface area contributed by atoms with Crippen molar-refractivity contribution in [3.05, 3.63) is 69.7 Å². The molecule has 0 bridgehead atoms. The SMILES string of the molecule is COc1cc(Br)cc2cc(-c3scc(NC(=O)c4cc5ccccc5o4)c3C(=O)O)oc12. The van der Waals surface area contributed by atoms with Crippen molar-refractivity contribution in [2.45, 2.75) is 0 Å². The Morgan fingerprint density at radius 1 is 1.09 bits per heavy atom. The van der Waals surface area contributed by atoms with Gasteiger partial charge in [-0.3, -0.25) is 4.79 Å². The normalized spacial score (nSPS) is 11.2. The van der Waals surface area contributed by atoms with Gasteiger partial charge in [0.1, 0.15) is 16.9 Å². The van der Waals surface area contributed by atoms with Crippen LogP contribution in [0.3, 0.4) is 0 Å². The number of carboxylic acids is 1. The molecule has 0 radical (unpaired) electrons. The fraction of sp³-hybridized carbons (Fsp3) is 0.0435. The first-order valence-corrected chi connectivity index (χ1v) is 11.0. The standard InChI is InChI=1S/C23H14BrNO6S/c1-29-16-9-13(24)6-12-8-17(31-20(12)16)21-19(23(27)28)14(10-32-21)25-22(26)18-7-11-4-2-3-5-15(11)30-18/h2-10H,1H3,(H,25,26)(H,27,28). The van der Waals surface area contributed by atoms with Crippen LogP contribution in [-0.2, 0) is 0 Å². The Balaban J connectivity index is 1.53. The van der Waals surface area contributed by atoms with Gasteiger partial charge in [0, 0.05) is 20.6 Å². The van der Waals surface area contributed by atoms with Gasteiger partial charge in [0.05, 0.1) is 17.7 Å². The predicted molar refractivity (Wildman–Crippen MR) is 125 cm³/mol. The minimum atomic E-state index is -1.19. The highest BCUT2D eigenvalue weighted by atomic mass is 79.9. The van der Waals surface area contributed by atoms with Gasteiger partial charge in [-0.15, -0.1) is 11.3 Å². The van der Waals surface area contributed by atoms with Crippen LogP contribution in [0.5, 0.6) is 5.75 Å². The molecule has 0 saturated carbocycles. The largest absolute Gasteiger partial charge is 0.493 e. The molecule has 0 unspecified atom stereocenters. The molecule has 0 aliphatic carbocycles. The molecule has 0 fully saturated rings. The summed E-state index contributed by atoms with van der Waals surface area (Å²) < 4.78 is 17.7. The van der Waals surface area contributed by atoms with Gasteiger partial charge in [-0.1, -0.05) is 34.1 Å². The van der Waals surface area contributed by atoms with Gasteiger partial charge in [-0.25, -0.2) is 4.79 Å². The first kappa shape index (κ1) is 20.3. The molecule has 3 aromatic heterocycles. The minimum Gasteiger partial charge on any atom is -0.493 e. The Kier molecular flexibility index (Phi) is 4.99. The molecular weight excluding hydrogens is 498 g/mol. The van der Waals surface area contributed by atoms with Gasteiger partial charge >= 0.3 is 5.97 Å². The smallest absolute Gasteiger partial charge is 0.339 e. The van der Waals surface area contributed by atoms with Crippen molar-refractivity contribution < 1.29 is 28.3 Å². The molecule has 9 heteroatoms. The number of nitrogens with one attached hydrogen (secondary N) is 1. The van der Waals surface area contributed by atoms with Crippen molar-refractivity contribution in [1.29, 1.82) is 0 Å². The average Bonchev–Trinajstić information content (AvgIpc) is 3.48. The highest BCUT2D eigenvalue weighted by Crippen LogP contribution is 2.41. The number of ether oxygens (including phenoxy) is 1. The Bertz CT molecular complexity index is 1480. The number of methoxy groups -OCH3 is 1. The Labute approximate surface area is 193 Å². The van der Waals surface area contributed by atoms with Crippen LogP contribution >= 0.6 is 27.3 Å². The second-order valence-corrected chi connectivity index (χ2v) is 8.69. The zero-order valence-electron chi connectivity index (χ0n) is 16.5. The average molecular weight is 512 g/mol. The van der Waals surface area contributed by atoms with E-state index in [4.69, 9.17) is 13.6 Å². The summed E-state index contributed by atoms with van der Waals surface area (Å²) in [5.74, 6) is -0.748. The zero-order valence-corrected chi connectivity index (χ0v) is 18.9. The molecule has 2 aromatic carbocycles. The van der Waals surface area contributed by atoms with Gasteiger partial charge < -0.3 is 24.0 Å². The fourth-order valence-corrected chi connectivity index (χ4v) is 4.87. The number of hydrogen-bond donors (Lipinski definition) is 2. The van der Waals surface area contributed by atoms with E-state index in [0.29, 0.717) is 27.6 Å². The highest BCUT2D eigenvalue weighted by molar-refractivity contribution is 9.10. The highest BCUT2D eigenvalue weighted by Gasteiger charge is 2.25. The topological polar surface area (TPSA) is 102 Å². The number of fused-ring (bicyclic) bond motifs is 2. The van der Waals surface area contributed by atoms with E-state index < -0.39 is 11.9 Å². The number of halogens is 1. The molecule has 5 rings (SSSR count). The molecule has 5 aromatic rings. The Morgan fingerprint density at radius 2 is 1.91 bits per heavy atom. The zero-order chi connectivity index (χ0) is 22.4. The number of rotatable bonds is 5. The van der Waals surface area contributed by atoms with Crippen molar-refractivity contribution in [3.8, 4) is 16.4 Å². The monoisotopic (exact) mass is 511 g/mol. The molecule has 0 spiro atoms. The van der Waals surface area contributed by atoms with Crippen LogP contribution in [0.15, 0.2) is 67.2 Å². The number of furan rings is 2. The van der Waals surface area contributed by atoms with Gasteiger partial charge in [-0.05, 0) is 30.3 Å². The maximum Gasteiger partial charge on any atom is 0.339 e. The van der Waals surface area contributed by atoms with Crippen molar-refractivity contribution in [3.63, 3.8) is 0 Å². The minimum absolute atomic E-state index is 0.0588. The lowest BCUT2D eigenvalue weighted by molar-refractivity contribution is 0.0699. The summed E-state index contributed by atoms with van der Waals surface area (Å²) in [5, 5.41) is 15.6. The summed E-state index contributed by atoms with van der Waals surface area (Å²) in [5.41, 5.74) is 1.18. The maximum atomic E-state index is 12.7. The number of carbonyl (C=O) groups excluding carboxylic acids is 1. The summed E-state index contributed by atoms with van der Waals surface area (Å²) in [6.07, 6.45) is 0. The van der Waals surface area contributed by atoms with Crippen molar-refractivity contribution in [1.82, 2.24) is 0 Å². The molecule has 0 aliphatic heterocycles. The van der Waals surface area contributed by atoms with Crippen LogP contribution in [0.1, 0.15) is 20.9 Å². The number of carbonyl (C=O) groups is 2. The molecule has 32 heavy (non-hydrogen) atoms. The summed E-state index contributed by atoms with van der Waals surface area (Å²) in [4.78, 5) is 25.2. The molecule has 0 atom stereocenters. The van der Waals surface area contributed by atoms with Crippen LogP contribution in [0.4, 0.5) is 5.69 Å². The van der Waals surface area contributed by atoms with E-state index in [0.717, 1.165) is 26.6 Å². The number of carboxylic acid groups (broad SMARTS) is 1. The summed E-state index contributed by atoms with van der Waals surface area (Å²) in [7, 11) is 1.53. The summed E-state index contributed by atoms with van der Waals surface area (Å²) in [6, 6.07) is 14.2. The predicted octanol–water partition coefficient (Wildman–Crippen LogP) is 6.63. The van der Waals surface area contributed by atoms with Crippen LogP contribution in [-0.4, -0.2) is 24.1 Å². The quantitative estimate of drug-likeness (QED) is 0.274. The number of thiophene rings is 1. The Morgan fingerprint density at radius 3 is 2.66 bits per heavy atom. The van der Waals surface area contributed by atoms with E-state index in [1.54, 1.807) is 29.6 Å². The second-order valence-electron chi connectivity index (χ2n) is 6.90. The maximum absolute atomic E-state index is 12.7. The van der Waals surface area contributed by atoms with E-state index in [9.17, 15) is 14.7 Å². The van der Waals surface area contributed by atoms with Crippen LogP contribution in [0.25, 0.3) is 32.6 Å². The number of para-hydroxylation sites is 1. The van der Waals surface area contributed by atoms with Crippen molar-refractivity contribution in [2.24, 2.45) is 0 Å². The van der Waals surface area contributed by atoms with E-state index in [2.05, 4.69) is 21.2 Å². The molecular formula is C23H14BrNO6S. The number of anilines is 1. The number of aromatic carboxylic acids is 1. The van der Waals surface area contributed by atoms with Crippen molar-refractivity contribution >= 4 is 66.8 Å². The number of benzene rings is 2.